The highest BCUT2D eigenvalue weighted by Crippen LogP contribution is 2.30. The van der Waals surface area contributed by atoms with E-state index in [-0.39, 0.29) is 5.82 Å². The van der Waals surface area contributed by atoms with E-state index in [0.717, 1.165) is 20.7 Å². The number of benzene rings is 1. The molecule has 0 saturated carbocycles. The second-order valence-corrected chi connectivity index (χ2v) is 5.73. The maximum Gasteiger partial charge on any atom is 0.166 e. The number of nitrogens with two attached hydrogens (primary N) is 1. The van der Waals surface area contributed by atoms with Gasteiger partial charge in [-0.15, -0.1) is 11.3 Å². The first kappa shape index (κ1) is 12.0. The molecule has 0 aliphatic carbocycles. The van der Waals surface area contributed by atoms with Gasteiger partial charge in [-0.05, 0) is 37.6 Å². The van der Waals surface area contributed by atoms with Gasteiger partial charge in [0.15, 0.2) is 5.82 Å². The quantitative estimate of drug-likeness (QED) is 0.735. The Morgan fingerprint density at radius 1 is 1.16 bits per heavy atom. The molecule has 0 aliphatic heterocycles. The summed E-state index contributed by atoms with van der Waals surface area (Å²) in [4.78, 5) is 10.5. The summed E-state index contributed by atoms with van der Waals surface area (Å²) < 4.78 is 14.0. The fourth-order valence-electron chi connectivity index (χ4n) is 1.99. The molecule has 2 heterocycles. The predicted octanol–water partition coefficient (Wildman–Crippen LogP) is 3.70. The summed E-state index contributed by atoms with van der Waals surface area (Å²) in [7, 11) is 0. The molecule has 0 fully saturated rings. The molecule has 0 bridgehead atoms. The molecule has 0 unspecified atom stereocenters. The second kappa shape index (κ2) is 4.28. The summed E-state index contributed by atoms with van der Waals surface area (Å²) in [5.74, 6) is 0.403. The monoisotopic (exact) mass is 273 g/mol. The van der Waals surface area contributed by atoms with Crippen LogP contribution in [0.25, 0.3) is 21.6 Å². The van der Waals surface area contributed by atoms with E-state index in [4.69, 9.17) is 5.73 Å². The molecule has 0 atom stereocenters. The van der Waals surface area contributed by atoms with E-state index in [1.54, 1.807) is 6.07 Å². The fourth-order valence-corrected chi connectivity index (χ4v) is 2.87. The van der Waals surface area contributed by atoms with Crippen LogP contribution >= 0.6 is 11.3 Å². The van der Waals surface area contributed by atoms with E-state index in [2.05, 4.69) is 9.97 Å². The molecule has 0 spiro atoms. The number of nitrogens with zero attached hydrogens (tertiary/aromatic N) is 2. The molecular formula is C14H12FN3S. The van der Waals surface area contributed by atoms with Crippen molar-refractivity contribution in [3.8, 4) is 11.4 Å². The molecule has 0 saturated heterocycles. The van der Waals surface area contributed by atoms with Crippen LogP contribution in [0.2, 0.25) is 0 Å². The first-order chi connectivity index (χ1) is 9.04. The molecule has 2 N–H and O–H groups in total. The van der Waals surface area contributed by atoms with Crippen LogP contribution in [0.3, 0.4) is 0 Å². The van der Waals surface area contributed by atoms with Gasteiger partial charge in [-0.25, -0.2) is 14.4 Å². The first-order valence-electron chi connectivity index (χ1n) is 5.85. The number of hydrogen-bond acceptors (Lipinski definition) is 4. The number of hydrogen-bond donors (Lipinski definition) is 1. The molecule has 2 aromatic heterocycles. The molecule has 0 radical (unpaired) electrons. The third kappa shape index (κ3) is 2.06. The SMILES string of the molecule is Cc1ccc(-c2nc(N)c3cc(C)sc3n2)c(F)c1. The summed E-state index contributed by atoms with van der Waals surface area (Å²) in [6.07, 6.45) is 0. The van der Waals surface area contributed by atoms with Crippen LogP contribution < -0.4 is 5.73 Å². The van der Waals surface area contributed by atoms with Crippen molar-refractivity contribution in [1.29, 1.82) is 0 Å². The van der Waals surface area contributed by atoms with E-state index in [1.165, 1.54) is 17.4 Å². The lowest BCUT2D eigenvalue weighted by Crippen LogP contribution is -1.97. The van der Waals surface area contributed by atoms with Crippen LogP contribution in [0.4, 0.5) is 10.2 Å². The maximum atomic E-state index is 14.0. The van der Waals surface area contributed by atoms with Crippen LogP contribution in [0.5, 0.6) is 0 Å². The minimum Gasteiger partial charge on any atom is -0.383 e. The highest BCUT2D eigenvalue weighted by atomic mass is 32.1. The molecular weight excluding hydrogens is 261 g/mol. The Bertz CT molecular complexity index is 780. The lowest BCUT2D eigenvalue weighted by atomic mass is 10.1. The zero-order valence-electron chi connectivity index (χ0n) is 10.6. The van der Waals surface area contributed by atoms with E-state index in [9.17, 15) is 4.39 Å². The van der Waals surface area contributed by atoms with Gasteiger partial charge in [-0.3, -0.25) is 0 Å². The molecule has 3 rings (SSSR count). The normalized spacial score (nSPS) is 11.1. The van der Waals surface area contributed by atoms with Gasteiger partial charge in [-0.1, -0.05) is 6.07 Å². The summed E-state index contributed by atoms with van der Waals surface area (Å²) >= 11 is 1.53. The zero-order chi connectivity index (χ0) is 13.6. The van der Waals surface area contributed by atoms with E-state index in [1.807, 2.05) is 26.0 Å². The van der Waals surface area contributed by atoms with Crippen molar-refractivity contribution in [3.63, 3.8) is 0 Å². The third-order valence-corrected chi connectivity index (χ3v) is 3.86. The van der Waals surface area contributed by atoms with Gasteiger partial charge in [0.2, 0.25) is 0 Å². The number of rotatable bonds is 1. The van der Waals surface area contributed by atoms with Crippen LogP contribution in [0.1, 0.15) is 10.4 Å². The van der Waals surface area contributed by atoms with E-state index in [0.29, 0.717) is 17.2 Å². The molecule has 5 heteroatoms. The largest absolute Gasteiger partial charge is 0.383 e. The molecule has 19 heavy (non-hydrogen) atoms. The van der Waals surface area contributed by atoms with Gasteiger partial charge in [0, 0.05) is 4.88 Å². The van der Waals surface area contributed by atoms with Gasteiger partial charge in [0.25, 0.3) is 0 Å². The Morgan fingerprint density at radius 2 is 1.95 bits per heavy atom. The lowest BCUT2D eigenvalue weighted by Gasteiger charge is -2.04. The zero-order valence-corrected chi connectivity index (χ0v) is 11.4. The Morgan fingerprint density at radius 3 is 2.68 bits per heavy atom. The smallest absolute Gasteiger partial charge is 0.166 e. The average molecular weight is 273 g/mol. The molecule has 3 aromatic rings. The number of anilines is 1. The average Bonchev–Trinajstić information content (AvgIpc) is 2.70. The number of nitrogen functional groups attached to an aromatic ring is 1. The Labute approximate surface area is 113 Å². The lowest BCUT2D eigenvalue weighted by molar-refractivity contribution is 0.629. The van der Waals surface area contributed by atoms with Crippen molar-refractivity contribution in [3.05, 3.63) is 40.5 Å². The molecule has 1 aromatic carbocycles. The molecule has 0 aliphatic rings. The Balaban J connectivity index is 2.25. The molecule has 96 valence electrons. The fraction of sp³-hybridized carbons (Fsp3) is 0.143. The highest BCUT2D eigenvalue weighted by Gasteiger charge is 2.12. The maximum absolute atomic E-state index is 14.0. The van der Waals surface area contributed by atoms with Crippen molar-refractivity contribution >= 4 is 27.4 Å². The number of halogens is 1. The minimum absolute atomic E-state index is 0.327. The molecule has 3 nitrogen and oxygen atoms in total. The van der Waals surface area contributed by atoms with Gasteiger partial charge >= 0.3 is 0 Å². The van der Waals surface area contributed by atoms with Crippen molar-refractivity contribution in [2.75, 3.05) is 5.73 Å². The molecule has 0 amide bonds. The van der Waals surface area contributed by atoms with Gasteiger partial charge in [-0.2, -0.15) is 0 Å². The summed E-state index contributed by atoms with van der Waals surface area (Å²) in [6.45, 7) is 3.83. The van der Waals surface area contributed by atoms with Gasteiger partial charge in [0.05, 0.1) is 10.9 Å². The van der Waals surface area contributed by atoms with Gasteiger partial charge < -0.3 is 5.73 Å². The van der Waals surface area contributed by atoms with Crippen molar-refractivity contribution < 1.29 is 4.39 Å². The van der Waals surface area contributed by atoms with Crippen LogP contribution in [-0.4, -0.2) is 9.97 Å². The minimum atomic E-state index is -0.327. The van der Waals surface area contributed by atoms with Crippen LogP contribution in [0, 0.1) is 19.7 Å². The Hall–Kier alpha value is -2.01. The predicted molar refractivity (Wildman–Crippen MR) is 76.7 cm³/mol. The topological polar surface area (TPSA) is 51.8 Å². The van der Waals surface area contributed by atoms with E-state index >= 15 is 0 Å². The number of aromatic nitrogens is 2. The van der Waals surface area contributed by atoms with Crippen LogP contribution in [-0.2, 0) is 0 Å². The van der Waals surface area contributed by atoms with Gasteiger partial charge in [0.1, 0.15) is 16.5 Å². The van der Waals surface area contributed by atoms with Crippen molar-refractivity contribution in [1.82, 2.24) is 9.97 Å². The highest BCUT2D eigenvalue weighted by molar-refractivity contribution is 7.18. The summed E-state index contributed by atoms with van der Waals surface area (Å²) in [6, 6.07) is 6.94. The number of thiophene rings is 1. The summed E-state index contributed by atoms with van der Waals surface area (Å²) in [5, 5.41) is 0.832. The summed E-state index contributed by atoms with van der Waals surface area (Å²) in [5.41, 5.74) is 7.16. The van der Waals surface area contributed by atoms with Crippen molar-refractivity contribution in [2.45, 2.75) is 13.8 Å². The standard InChI is InChI=1S/C14H12FN3S/c1-7-3-4-9(11(15)5-7)13-17-12(16)10-6-8(2)19-14(10)18-13/h3-6H,1-2H3,(H2,16,17,18). The van der Waals surface area contributed by atoms with Crippen molar-refractivity contribution in [2.24, 2.45) is 0 Å². The third-order valence-electron chi connectivity index (χ3n) is 2.91. The van der Waals surface area contributed by atoms with Crippen LogP contribution in [0.15, 0.2) is 24.3 Å². The first-order valence-corrected chi connectivity index (χ1v) is 6.66. The number of fused-ring (bicyclic) bond motifs is 1. The Kier molecular flexibility index (Phi) is 2.71. The van der Waals surface area contributed by atoms with E-state index < -0.39 is 0 Å². The number of aryl methyl sites for hydroxylation is 2. The second-order valence-electron chi connectivity index (χ2n) is 4.49.